The summed E-state index contributed by atoms with van der Waals surface area (Å²) in [5, 5.41) is 28.5. The fourth-order valence-electron chi connectivity index (χ4n) is 4.12. The van der Waals surface area contributed by atoms with Gasteiger partial charge in [-0.3, -0.25) is 0 Å². The summed E-state index contributed by atoms with van der Waals surface area (Å²) in [6.07, 6.45) is 20.6. The van der Waals surface area contributed by atoms with Gasteiger partial charge in [-0.05, 0) is 12.8 Å². The van der Waals surface area contributed by atoms with Crippen LogP contribution >= 0.6 is 0 Å². The van der Waals surface area contributed by atoms with Crippen molar-refractivity contribution < 1.29 is 20.1 Å². The van der Waals surface area contributed by atoms with Crippen molar-refractivity contribution in [3.63, 3.8) is 0 Å². The molecule has 0 saturated carbocycles. The summed E-state index contributed by atoms with van der Waals surface area (Å²) >= 11 is 0. The van der Waals surface area contributed by atoms with Crippen LogP contribution in [0.1, 0.15) is 116 Å². The molecule has 0 saturated heterocycles. The van der Waals surface area contributed by atoms with E-state index in [1.165, 1.54) is 88.4 Å². The lowest BCUT2D eigenvalue weighted by molar-refractivity contribution is -0.00397. The van der Waals surface area contributed by atoms with Crippen LogP contribution in [0.5, 0.6) is 0 Å². The van der Waals surface area contributed by atoms with Gasteiger partial charge in [0.05, 0.1) is 18.8 Å². The largest absolute Gasteiger partial charge is 0.396 e. The lowest BCUT2D eigenvalue weighted by Crippen LogP contribution is -2.59. The molecule has 0 fully saturated rings. The average molecular weight is 431 g/mol. The van der Waals surface area contributed by atoms with Gasteiger partial charge in [0.15, 0.2) is 0 Å². The number of aliphatic hydroxyl groups is 3. The Morgan fingerprint density at radius 3 is 1.37 bits per heavy atom. The Morgan fingerprint density at radius 2 is 1.07 bits per heavy atom. The molecule has 0 bridgehead atoms. The topological polar surface area (TPSA) is 107 Å². The predicted octanol–water partition coefficient (Wildman–Crippen LogP) is 4.73. The van der Waals surface area contributed by atoms with Gasteiger partial charge in [0.2, 0.25) is 0 Å². The normalized spacial score (nSPS) is 11.7. The minimum Gasteiger partial charge on any atom is -0.396 e. The van der Waals surface area contributed by atoms with Gasteiger partial charge in [0.1, 0.15) is 0 Å². The minimum absolute atomic E-state index is 0.113. The number of unbranched alkanes of at least 4 members (excludes halogenated alkanes) is 15. The van der Waals surface area contributed by atoms with Gasteiger partial charge in [-0.25, -0.2) is 4.79 Å². The van der Waals surface area contributed by atoms with Crippen molar-refractivity contribution in [3.8, 4) is 0 Å². The monoisotopic (exact) mass is 430 g/mol. The van der Waals surface area contributed by atoms with E-state index in [0.29, 0.717) is 6.54 Å². The van der Waals surface area contributed by atoms with Crippen LogP contribution < -0.4 is 5.73 Å². The molecule has 0 aromatic rings. The summed E-state index contributed by atoms with van der Waals surface area (Å²) in [5.74, 6) is 0. The Labute approximate surface area is 185 Å². The van der Waals surface area contributed by atoms with E-state index < -0.39 is 24.8 Å². The SMILES string of the molecule is CCCCCCCCCCCCCCCCCCN(C(N)=O)C(CO)(CO)CCO. The standard InChI is InChI=1S/C24H50N2O4/c1-2-3-4-5-6-7-8-9-10-11-12-13-14-15-16-17-19-26(23(25)30)24(21-28,22-29)18-20-27/h27-29H,2-22H2,1H3,(H2,25,30). The predicted molar refractivity (Wildman–Crippen MR) is 124 cm³/mol. The van der Waals surface area contributed by atoms with Crippen molar-refractivity contribution in [3.05, 3.63) is 0 Å². The Kier molecular flexibility index (Phi) is 19.5. The number of nitrogens with zero attached hydrogens (tertiary/aromatic N) is 1. The molecule has 0 aromatic heterocycles. The molecule has 0 aromatic carbocycles. The third-order valence-corrected chi connectivity index (χ3v) is 6.24. The second kappa shape index (κ2) is 20.1. The third kappa shape index (κ3) is 13.5. The van der Waals surface area contributed by atoms with E-state index in [2.05, 4.69) is 6.92 Å². The summed E-state index contributed by atoms with van der Waals surface area (Å²) in [6, 6.07) is -0.660. The maximum Gasteiger partial charge on any atom is 0.315 e. The van der Waals surface area contributed by atoms with Gasteiger partial charge >= 0.3 is 6.03 Å². The summed E-state index contributed by atoms with van der Waals surface area (Å²) in [5.41, 5.74) is 4.28. The summed E-state index contributed by atoms with van der Waals surface area (Å²) in [4.78, 5) is 13.1. The lowest BCUT2D eigenvalue weighted by atomic mass is 9.94. The average Bonchev–Trinajstić information content (AvgIpc) is 2.74. The zero-order valence-corrected chi connectivity index (χ0v) is 19.6. The second-order valence-corrected chi connectivity index (χ2v) is 8.81. The molecular formula is C24H50N2O4. The van der Waals surface area contributed by atoms with Crippen molar-refractivity contribution in [2.75, 3.05) is 26.4 Å². The molecule has 0 aliphatic carbocycles. The molecular weight excluding hydrogens is 380 g/mol. The highest BCUT2D eigenvalue weighted by molar-refractivity contribution is 5.73. The zero-order chi connectivity index (χ0) is 22.5. The van der Waals surface area contributed by atoms with E-state index in [1.54, 1.807) is 0 Å². The van der Waals surface area contributed by atoms with Gasteiger partial charge in [-0.15, -0.1) is 0 Å². The van der Waals surface area contributed by atoms with E-state index in [9.17, 15) is 20.1 Å². The molecule has 6 nitrogen and oxygen atoms in total. The number of carbonyl (C=O) groups is 1. The molecule has 0 aliphatic heterocycles. The number of primary amides is 1. The summed E-state index contributed by atoms with van der Waals surface area (Å²) < 4.78 is 0. The van der Waals surface area contributed by atoms with E-state index in [1.807, 2.05) is 0 Å². The van der Waals surface area contributed by atoms with Crippen molar-refractivity contribution in [2.45, 2.75) is 122 Å². The smallest absolute Gasteiger partial charge is 0.315 e. The zero-order valence-electron chi connectivity index (χ0n) is 19.6. The number of aliphatic hydroxyl groups excluding tert-OH is 3. The number of hydrogen-bond acceptors (Lipinski definition) is 4. The number of hydrogen-bond donors (Lipinski definition) is 4. The Morgan fingerprint density at radius 1 is 0.700 bits per heavy atom. The van der Waals surface area contributed by atoms with Crippen LogP contribution in [0.15, 0.2) is 0 Å². The summed E-state index contributed by atoms with van der Waals surface area (Å²) in [7, 11) is 0. The number of amides is 2. The maximum atomic E-state index is 11.8. The molecule has 180 valence electrons. The van der Waals surface area contributed by atoms with Gasteiger partial charge in [0.25, 0.3) is 0 Å². The molecule has 0 spiro atoms. The van der Waals surface area contributed by atoms with E-state index in [0.717, 1.165) is 19.3 Å². The highest BCUT2D eigenvalue weighted by Crippen LogP contribution is 2.20. The molecule has 30 heavy (non-hydrogen) atoms. The Hall–Kier alpha value is -0.850. The van der Waals surface area contributed by atoms with Crippen LogP contribution in [0.2, 0.25) is 0 Å². The lowest BCUT2D eigenvalue weighted by Gasteiger charge is -2.40. The quantitative estimate of drug-likeness (QED) is 0.186. The highest BCUT2D eigenvalue weighted by Gasteiger charge is 2.37. The molecule has 0 radical (unpaired) electrons. The minimum atomic E-state index is -1.17. The molecule has 0 heterocycles. The summed E-state index contributed by atoms with van der Waals surface area (Å²) in [6.45, 7) is 1.62. The first kappa shape index (κ1) is 29.1. The number of urea groups is 1. The van der Waals surface area contributed by atoms with Gasteiger partial charge < -0.3 is 26.0 Å². The Bertz CT molecular complexity index is 389. The number of nitrogens with two attached hydrogens (primary N) is 1. The van der Waals surface area contributed by atoms with E-state index in [4.69, 9.17) is 5.73 Å². The molecule has 5 N–H and O–H groups in total. The molecule has 0 atom stereocenters. The van der Waals surface area contributed by atoms with Gasteiger partial charge in [-0.1, -0.05) is 103 Å². The first-order valence-corrected chi connectivity index (χ1v) is 12.5. The highest BCUT2D eigenvalue weighted by atomic mass is 16.3. The van der Waals surface area contributed by atoms with Crippen LogP contribution in [0, 0.1) is 0 Å². The molecule has 0 aliphatic rings. The maximum absolute atomic E-state index is 11.8. The van der Waals surface area contributed by atoms with Gasteiger partial charge in [-0.2, -0.15) is 0 Å². The molecule has 0 unspecified atom stereocenters. The fourth-order valence-corrected chi connectivity index (χ4v) is 4.12. The van der Waals surface area contributed by atoms with Crippen molar-refractivity contribution in [1.29, 1.82) is 0 Å². The Balaban J connectivity index is 3.68. The third-order valence-electron chi connectivity index (χ3n) is 6.24. The molecule has 2 amide bonds. The van der Waals surface area contributed by atoms with Crippen LogP contribution in [0.3, 0.4) is 0 Å². The van der Waals surface area contributed by atoms with Crippen molar-refractivity contribution >= 4 is 6.03 Å². The van der Waals surface area contributed by atoms with Gasteiger partial charge in [0, 0.05) is 13.2 Å². The fraction of sp³-hybridized carbons (Fsp3) is 0.958. The first-order valence-electron chi connectivity index (χ1n) is 12.5. The van der Waals surface area contributed by atoms with Crippen LogP contribution in [0.4, 0.5) is 4.79 Å². The number of rotatable bonds is 22. The van der Waals surface area contributed by atoms with E-state index in [-0.39, 0.29) is 13.0 Å². The molecule has 6 heteroatoms. The van der Waals surface area contributed by atoms with Crippen LogP contribution in [0.25, 0.3) is 0 Å². The molecule has 0 rings (SSSR count). The number of carbonyl (C=O) groups excluding carboxylic acids is 1. The second-order valence-electron chi connectivity index (χ2n) is 8.81. The van der Waals surface area contributed by atoms with Crippen molar-refractivity contribution in [2.24, 2.45) is 5.73 Å². The van der Waals surface area contributed by atoms with Crippen LogP contribution in [-0.2, 0) is 0 Å². The van der Waals surface area contributed by atoms with Crippen LogP contribution in [-0.4, -0.2) is 58.2 Å². The van der Waals surface area contributed by atoms with Crippen molar-refractivity contribution in [1.82, 2.24) is 4.90 Å². The van der Waals surface area contributed by atoms with E-state index >= 15 is 0 Å². The first-order chi connectivity index (χ1) is 14.6.